The molecule has 4 heteroatoms. The summed E-state index contributed by atoms with van der Waals surface area (Å²) < 4.78 is 0. The minimum atomic E-state index is -0.0450. The predicted octanol–water partition coefficient (Wildman–Crippen LogP) is 3.33. The Hall–Kier alpha value is -1.00. The first kappa shape index (κ1) is 16.4. The van der Waals surface area contributed by atoms with Gasteiger partial charge in [0.15, 0.2) is 0 Å². The van der Waals surface area contributed by atoms with Crippen molar-refractivity contribution in [3.8, 4) is 0 Å². The third-order valence-electron chi connectivity index (χ3n) is 3.33. The summed E-state index contributed by atoms with van der Waals surface area (Å²) in [5.41, 5.74) is 1.37. The van der Waals surface area contributed by atoms with Crippen molar-refractivity contribution < 1.29 is 4.79 Å². The van der Waals surface area contributed by atoms with Gasteiger partial charge in [-0.2, -0.15) is 0 Å². The molecule has 3 nitrogen and oxygen atoms in total. The molecule has 2 rings (SSSR count). The first-order valence-corrected chi connectivity index (χ1v) is 8.52. The fourth-order valence-electron chi connectivity index (χ4n) is 1.90. The van der Waals surface area contributed by atoms with Crippen molar-refractivity contribution in [1.82, 2.24) is 10.6 Å². The lowest BCUT2D eigenvalue weighted by Crippen LogP contribution is -2.35. The topological polar surface area (TPSA) is 41.1 Å². The van der Waals surface area contributed by atoms with Crippen LogP contribution in [0.3, 0.4) is 0 Å². The van der Waals surface area contributed by atoms with Crippen molar-refractivity contribution >= 4 is 17.7 Å². The normalized spacial score (nSPS) is 16.6. The van der Waals surface area contributed by atoms with Crippen LogP contribution in [0.2, 0.25) is 0 Å². The largest absolute Gasteiger partial charge is 0.352 e. The summed E-state index contributed by atoms with van der Waals surface area (Å²) in [6, 6.07) is 8.87. The van der Waals surface area contributed by atoms with Gasteiger partial charge >= 0.3 is 0 Å². The first-order chi connectivity index (χ1) is 9.83. The lowest BCUT2D eigenvalue weighted by Gasteiger charge is -2.20. The molecule has 1 saturated carbocycles. The fourth-order valence-corrected chi connectivity index (χ4v) is 2.86. The summed E-state index contributed by atoms with van der Waals surface area (Å²) in [6.07, 6.45) is 2.27. The molecule has 0 aromatic heterocycles. The Labute approximate surface area is 132 Å². The molecule has 1 unspecified atom stereocenters. The number of carbonyl (C=O) groups is 1. The van der Waals surface area contributed by atoms with Crippen LogP contribution in [-0.2, 0) is 11.3 Å². The van der Waals surface area contributed by atoms with Crippen LogP contribution in [0, 0.1) is 0 Å². The van der Waals surface area contributed by atoms with E-state index in [0.717, 1.165) is 24.3 Å². The van der Waals surface area contributed by atoms with E-state index in [9.17, 15) is 4.79 Å². The molecule has 0 spiro atoms. The Bertz CT molecular complexity index is 492. The van der Waals surface area contributed by atoms with Gasteiger partial charge in [0.25, 0.3) is 0 Å². The van der Waals surface area contributed by atoms with Crippen LogP contribution in [0.1, 0.15) is 46.1 Å². The number of thioether (sulfide) groups is 1. The van der Waals surface area contributed by atoms with E-state index in [0.29, 0.717) is 6.04 Å². The molecule has 0 heterocycles. The molecule has 116 valence electrons. The molecule has 1 aromatic carbocycles. The van der Waals surface area contributed by atoms with Gasteiger partial charge in [0.2, 0.25) is 5.91 Å². The molecule has 1 amide bonds. The maximum Gasteiger partial charge on any atom is 0.233 e. The van der Waals surface area contributed by atoms with E-state index in [1.807, 2.05) is 6.92 Å². The van der Waals surface area contributed by atoms with E-state index in [4.69, 9.17) is 0 Å². The summed E-state index contributed by atoms with van der Waals surface area (Å²) >= 11 is 1.63. The smallest absolute Gasteiger partial charge is 0.233 e. The van der Waals surface area contributed by atoms with Crippen LogP contribution in [0.4, 0.5) is 0 Å². The Morgan fingerprint density at radius 1 is 1.38 bits per heavy atom. The summed E-state index contributed by atoms with van der Waals surface area (Å²) in [5, 5.41) is 6.50. The zero-order valence-electron chi connectivity index (χ0n) is 13.4. The second kappa shape index (κ2) is 6.84. The van der Waals surface area contributed by atoms with E-state index in [1.165, 1.54) is 5.56 Å². The van der Waals surface area contributed by atoms with E-state index in [2.05, 4.69) is 55.7 Å². The van der Waals surface area contributed by atoms with Crippen molar-refractivity contribution in [2.45, 2.75) is 68.8 Å². The molecule has 1 aliphatic rings. The summed E-state index contributed by atoms with van der Waals surface area (Å²) in [7, 11) is 0. The highest BCUT2D eigenvalue weighted by atomic mass is 32.2. The van der Waals surface area contributed by atoms with Crippen LogP contribution in [-0.4, -0.2) is 22.7 Å². The van der Waals surface area contributed by atoms with Gasteiger partial charge in [-0.25, -0.2) is 0 Å². The van der Waals surface area contributed by atoms with Gasteiger partial charge in [0, 0.05) is 23.0 Å². The van der Waals surface area contributed by atoms with Gasteiger partial charge in [0.1, 0.15) is 0 Å². The summed E-state index contributed by atoms with van der Waals surface area (Å²) in [6.45, 7) is 9.31. The van der Waals surface area contributed by atoms with Crippen molar-refractivity contribution in [1.29, 1.82) is 0 Å². The van der Waals surface area contributed by atoms with Crippen molar-refractivity contribution in [3.63, 3.8) is 0 Å². The van der Waals surface area contributed by atoms with Gasteiger partial charge < -0.3 is 10.6 Å². The van der Waals surface area contributed by atoms with Crippen LogP contribution >= 0.6 is 11.8 Å². The number of carbonyl (C=O) groups excluding carboxylic acids is 1. The summed E-state index contributed by atoms with van der Waals surface area (Å²) in [5.74, 6) is 0.153. The van der Waals surface area contributed by atoms with E-state index in [-0.39, 0.29) is 16.7 Å². The maximum absolute atomic E-state index is 12.0. The third-order valence-corrected chi connectivity index (χ3v) is 4.42. The number of hydrogen-bond acceptors (Lipinski definition) is 3. The van der Waals surface area contributed by atoms with Gasteiger partial charge in [-0.15, -0.1) is 11.8 Å². The fraction of sp³-hybridized carbons (Fsp3) is 0.588. The SMILES string of the molecule is CC(Sc1cccc(CNC(C)(C)C)c1)C(=O)NC1CC1. The van der Waals surface area contributed by atoms with Crippen LogP contribution in [0.15, 0.2) is 29.2 Å². The van der Waals surface area contributed by atoms with E-state index < -0.39 is 0 Å². The quantitative estimate of drug-likeness (QED) is 0.792. The molecule has 0 radical (unpaired) electrons. The number of benzene rings is 1. The monoisotopic (exact) mass is 306 g/mol. The van der Waals surface area contributed by atoms with Crippen molar-refractivity contribution in [2.75, 3.05) is 0 Å². The highest BCUT2D eigenvalue weighted by Crippen LogP contribution is 2.26. The first-order valence-electron chi connectivity index (χ1n) is 7.64. The molecule has 1 aliphatic carbocycles. The minimum absolute atomic E-state index is 0.0450. The molecule has 0 bridgehead atoms. The average Bonchev–Trinajstić information content (AvgIpc) is 3.20. The lowest BCUT2D eigenvalue weighted by molar-refractivity contribution is -0.120. The molecule has 0 aliphatic heterocycles. The second-order valence-corrected chi connectivity index (χ2v) is 8.21. The van der Waals surface area contributed by atoms with Gasteiger partial charge in [-0.3, -0.25) is 4.79 Å². The number of hydrogen-bond donors (Lipinski definition) is 2. The zero-order chi connectivity index (χ0) is 15.5. The number of nitrogens with one attached hydrogen (secondary N) is 2. The lowest BCUT2D eigenvalue weighted by atomic mass is 10.1. The van der Waals surface area contributed by atoms with Gasteiger partial charge in [0.05, 0.1) is 5.25 Å². The maximum atomic E-state index is 12.0. The molecule has 1 fully saturated rings. The molecule has 1 aromatic rings. The molecule has 2 N–H and O–H groups in total. The van der Waals surface area contributed by atoms with Crippen molar-refractivity contribution in [2.24, 2.45) is 0 Å². The van der Waals surface area contributed by atoms with Gasteiger partial charge in [-0.1, -0.05) is 12.1 Å². The number of rotatable bonds is 6. The zero-order valence-corrected chi connectivity index (χ0v) is 14.2. The van der Waals surface area contributed by atoms with Crippen LogP contribution in [0.5, 0.6) is 0 Å². The third kappa shape index (κ3) is 6.10. The average molecular weight is 306 g/mol. The van der Waals surface area contributed by atoms with E-state index >= 15 is 0 Å². The van der Waals surface area contributed by atoms with Crippen molar-refractivity contribution in [3.05, 3.63) is 29.8 Å². The Morgan fingerprint density at radius 2 is 2.10 bits per heavy atom. The summed E-state index contributed by atoms with van der Waals surface area (Å²) in [4.78, 5) is 13.1. The molecule has 0 saturated heterocycles. The highest BCUT2D eigenvalue weighted by Gasteiger charge is 2.25. The second-order valence-electron chi connectivity index (χ2n) is 6.79. The highest BCUT2D eigenvalue weighted by molar-refractivity contribution is 8.00. The Balaban J connectivity index is 1.88. The molecule has 1 atom stereocenters. The van der Waals surface area contributed by atoms with Crippen LogP contribution in [0.25, 0.3) is 0 Å². The predicted molar refractivity (Wildman–Crippen MR) is 89.5 cm³/mol. The molecular weight excluding hydrogens is 280 g/mol. The van der Waals surface area contributed by atoms with Gasteiger partial charge in [-0.05, 0) is 58.2 Å². The number of amides is 1. The Kier molecular flexibility index (Phi) is 5.33. The molecule has 21 heavy (non-hydrogen) atoms. The Morgan fingerprint density at radius 3 is 2.71 bits per heavy atom. The molecular formula is C17H26N2OS. The standard InChI is InChI=1S/C17H26N2OS/c1-12(16(20)19-14-8-9-14)21-15-7-5-6-13(10-15)11-18-17(2,3)4/h5-7,10,12,14,18H,8-9,11H2,1-4H3,(H,19,20). The minimum Gasteiger partial charge on any atom is -0.352 e. The van der Waals surface area contributed by atoms with E-state index in [1.54, 1.807) is 11.8 Å². The van der Waals surface area contributed by atoms with Crippen LogP contribution < -0.4 is 10.6 Å².